The molecule has 0 aliphatic rings. The number of fused-ring (bicyclic) bond motifs is 3. The first-order valence-corrected chi connectivity index (χ1v) is 8.70. The van der Waals surface area contributed by atoms with Gasteiger partial charge in [-0.25, -0.2) is 0 Å². The normalized spacial score (nSPS) is 11.4. The number of aromatic nitrogens is 1. The molecule has 4 aromatic rings. The van der Waals surface area contributed by atoms with Gasteiger partial charge in [0.2, 0.25) is 0 Å². The van der Waals surface area contributed by atoms with Crippen molar-refractivity contribution in [3.63, 3.8) is 0 Å². The number of nitrogens with one attached hydrogen (secondary N) is 1. The van der Waals surface area contributed by atoms with Crippen molar-refractivity contribution in [3.05, 3.63) is 57.9 Å². The van der Waals surface area contributed by atoms with Gasteiger partial charge in [0.25, 0.3) is 0 Å². The Bertz CT molecular complexity index is 871. The molecule has 0 amide bonds. The maximum absolute atomic E-state index is 3.52. The van der Waals surface area contributed by atoms with Crippen molar-refractivity contribution in [3.8, 4) is 10.0 Å². The summed E-state index contributed by atoms with van der Waals surface area (Å²) < 4.78 is 2.61. The van der Waals surface area contributed by atoms with E-state index in [0.717, 1.165) is 4.47 Å². The van der Waals surface area contributed by atoms with Crippen LogP contribution in [-0.4, -0.2) is 19.5 Å². The molecule has 3 heteroatoms. The van der Waals surface area contributed by atoms with E-state index in [1.54, 1.807) is 0 Å². The standard InChI is InChI=1S/C16H10BrNSe/c17-11-7-5-10(6-8-11)16-15-12-3-1-2-4-13(12)18-14(15)9-19-16/h1-9,18H. The van der Waals surface area contributed by atoms with Crippen LogP contribution in [0.3, 0.4) is 0 Å². The number of benzene rings is 2. The second-order valence-corrected chi connectivity index (χ2v) is 7.29. The van der Waals surface area contributed by atoms with Crippen LogP contribution >= 0.6 is 15.9 Å². The molecule has 1 N–H and O–H groups in total. The molecule has 92 valence electrons. The van der Waals surface area contributed by atoms with Crippen molar-refractivity contribution in [2.75, 3.05) is 0 Å². The van der Waals surface area contributed by atoms with E-state index in [4.69, 9.17) is 0 Å². The third-order valence-corrected chi connectivity index (χ3v) is 6.05. The van der Waals surface area contributed by atoms with Crippen molar-refractivity contribution < 1.29 is 0 Å². The van der Waals surface area contributed by atoms with Gasteiger partial charge < -0.3 is 0 Å². The van der Waals surface area contributed by atoms with Gasteiger partial charge in [-0.2, -0.15) is 0 Å². The van der Waals surface area contributed by atoms with Gasteiger partial charge >= 0.3 is 125 Å². The molecule has 0 saturated heterocycles. The monoisotopic (exact) mass is 375 g/mol. The van der Waals surface area contributed by atoms with Crippen molar-refractivity contribution in [2.45, 2.75) is 0 Å². The number of rotatable bonds is 1. The van der Waals surface area contributed by atoms with E-state index in [1.165, 1.54) is 31.8 Å². The Morgan fingerprint density at radius 3 is 2.53 bits per heavy atom. The zero-order valence-corrected chi connectivity index (χ0v) is 13.3. The quantitative estimate of drug-likeness (QED) is 0.460. The molecule has 4 rings (SSSR count). The molecule has 0 unspecified atom stereocenters. The van der Waals surface area contributed by atoms with Crippen LogP contribution in [0.2, 0.25) is 0 Å². The molecule has 19 heavy (non-hydrogen) atoms. The fraction of sp³-hybridized carbons (Fsp3) is 0. The van der Waals surface area contributed by atoms with E-state index in [9.17, 15) is 0 Å². The summed E-state index contributed by atoms with van der Waals surface area (Å²) >= 11 is 3.92. The van der Waals surface area contributed by atoms with Crippen molar-refractivity contribution in [1.82, 2.24) is 4.98 Å². The third kappa shape index (κ3) is 1.81. The van der Waals surface area contributed by atoms with E-state index in [0.29, 0.717) is 14.5 Å². The SMILES string of the molecule is Brc1ccc(-c2[se]cc3[nH]c4ccccc4c23)cc1. The molecule has 0 atom stereocenters. The van der Waals surface area contributed by atoms with Gasteiger partial charge in [-0.1, -0.05) is 0 Å². The summed E-state index contributed by atoms with van der Waals surface area (Å²) in [6.45, 7) is 0. The number of H-pyrrole nitrogens is 1. The fourth-order valence-electron chi connectivity index (χ4n) is 2.49. The first-order valence-electron chi connectivity index (χ1n) is 6.07. The number of hydrogen-bond acceptors (Lipinski definition) is 0. The predicted octanol–water partition coefficient (Wildman–Crippen LogP) is 4.81. The predicted molar refractivity (Wildman–Crippen MR) is 85.9 cm³/mol. The molecule has 0 spiro atoms. The van der Waals surface area contributed by atoms with Crippen LogP contribution in [0.15, 0.2) is 57.9 Å². The zero-order chi connectivity index (χ0) is 12.8. The van der Waals surface area contributed by atoms with Crippen LogP contribution in [0.25, 0.3) is 31.8 Å². The molecule has 2 heterocycles. The Balaban J connectivity index is 2.06. The first kappa shape index (κ1) is 11.5. The summed E-state index contributed by atoms with van der Waals surface area (Å²) in [5.41, 5.74) is 3.86. The summed E-state index contributed by atoms with van der Waals surface area (Å²) in [6.07, 6.45) is 0. The summed E-state index contributed by atoms with van der Waals surface area (Å²) in [7, 11) is 0. The van der Waals surface area contributed by atoms with E-state index in [-0.39, 0.29) is 0 Å². The van der Waals surface area contributed by atoms with Crippen molar-refractivity contribution in [2.24, 2.45) is 0 Å². The molecule has 1 nitrogen and oxygen atoms in total. The molecule has 2 aromatic carbocycles. The maximum atomic E-state index is 3.52. The average Bonchev–Trinajstić information content (AvgIpc) is 2.98. The molecule has 2 aromatic heterocycles. The molecular formula is C16H10BrNSe. The molecule has 0 saturated carbocycles. The van der Waals surface area contributed by atoms with Gasteiger partial charge in [0.15, 0.2) is 0 Å². The van der Waals surface area contributed by atoms with E-state index in [2.05, 4.69) is 74.4 Å². The van der Waals surface area contributed by atoms with Crippen LogP contribution in [0.4, 0.5) is 0 Å². The van der Waals surface area contributed by atoms with Gasteiger partial charge in [0.05, 0.1) is 0 Å². The summed E-state index contributed by atoms with van der Waals surface area (Å²) in [4.78, 5) is 5.86. The van der Waals surface area contributed by atoms with Gasteiger partial charge in [0, 0.05) is 0 Å². The number of hydrogen-bond donors (Lipinski definition) is 1. The van der Waals surface area contributed by atoms with Crippen molar-refractivity contribution in [1.29, 1.82) is 0 Å². The minimum atomic E-state index is 0.416. The van der Waals surface area contributed by atoms with Crippen LogP contribution in [0.5, 0.6) is 0 Å². The molecule has 0 fully saturated rings. The number of aromatic amines is 1. The molecule has 0 bridgehead atoms. The molecule has 0 aliphatic heterocycles. The molecule has 0 radical (unpaired) electrons. The Labute approximate surface area is 125 Å². The second kappa shape index (κ2) is 4.38. The van der Waals surface area contributed by atoms with Gasteiger partial charge in [-0.15, -0.1) is 0 Å². The molecular weight excluding hydrogens is 365 g/mol. The third-order valence-electron chi connectivity index (χ3n) is 3.36. The minimum absolute atomic E-state index is 0.416. The molecule has 0 aliphatic carbocycles. The number of para-hydroxylation sites is 1. The van der Waals surface area contributed by atoms with E-state index < -0.39 is 0 Å². The van der Waals surface area contributed by atoms with Gasteiger partial charge in [-0.3, -0.25) is 0 Å². The average molecular weight is 375 g/mol. The fourth-order valence-corrected chi connectivity index (χ4v) is 4.90. The van der Waals surface area contributed by atoms with Crippen LogP contribution in [0, 0.1) is 0 Å². The summed E-state index contributed by atoms with van der Waals surface area (Å²) in [6, 6.07) is 17.2. The topological polar surface area (TPSA) is 15.8 Å². The first-order chi connectivity index (χ1) is 9.33. The summed E-state index contributed by atoms with van der Waals surface area (Å²) in [5, 5.41) is 2.74. The van der Waals surface area contributed by atoms with Crippen LogP contribution in [0.1, 0.15) is 0 Å². The Morgan fingerprint density at radius 2 is 1.68 bits per heavy atom. The van der Waals surface area contributed by atoms with E-state index >= 15 is 0 Å². The zero-order valence-electron chi connectivity index (χ0n) is 9.98. The Kier molecular flexibility index (Phi) is 2.66. The van der Waals surface area contributed by atoms with E-state index in [1.807, 2.05) is 0 Å². The second-order valence-electron chi connectivity index (χ2n) is 4.53. The number of halogens is 1. The Morgan fingerprint density at radius 1 is 0.895 bits per heavy atom. The van der Waals surface area contributed by atoms with Crippen LogP contribution in [-0.2, 0) is 0 Å². The van der Waals surface area contributed by atoms with Gasteiger partial charge in [0.1, 0.15) is 0 Å². The van der Waals surface area contributed by atoms with Crippen molar-refractivity contribution >= 4 is 52.2 Å². The van der Waals surface area contributed by atoms with Gasteiger partial charge in [-0.05, 0) is 0 Å². The summed E-state index contributed by atoms with van der Waals surface area (Å²) in [5.74, 6) is 0. The van der Waals surface area contributed by atoms with Crippen LogP contribution < -0.4 is 0 Å². The Hall–Kier alpha value is -1.28.